The lowest BCUT2D eigenvalue weighted by Crippen LogP contribution is -2.35. The molecule has 0 spiro atoms. The van der Waals surface area contributed by atoms with Crippen LogP contribution in [0.2, 0.25) is 0 Å². The summed E-state index contributed by atoms with van der Waals surface area (Å²) in [4.78, 5) is 47.7. The van der Waals surface area contributed by atoms with Crippen LogP contribution in [0.25, 0.3) is 10.1 Å². The fourth-order valence-electron chi connectivity index (χ4n) is 2.26. The normalized spacial score (nSPS) is 11.7. The van der Waals surface area contributed by atoms with E-state index in [9.17, 15) is 14.4 Å². The second-order valence-corrected chi connectivity index (χ2v) is 8.60. The number of amides is 3. The van der Waals surface area contributed by atoms with E-state index in [1.165, 1.54) is 58.5 Å². The Hall–Kier alpha value is -3.32. The van der Waals surface area contributed by atoms with Gasteiger partial charge in [0.2, 0.25) is 0 Å². The van der Waals surface area contributed by atoms with Gasteiger partial charge in [0.15, 0.2) is 5.71 Å². The summed E-state index contributed by atoms with van der Waals surface area (Å²) in [5, 5.41) is 9.97. The van der Waals surface area contributed by atoms with Gasteiger partial charge in [-0.25, -0.2) is 18.2 Å². The molecule has 2 rings (SSSR count). The van der Waals surface area contributed by atoms with Gasteiger partial charge in [0, 0.05) is 38.3 Å². The molecule has 13 heteroatoms. The van der Waals surface area contributed by atoms with Crippen molar-refractivity contribution in [3.63, 3.8) is 0 Å². The highest BCUT2D eigenvalue weighted by Gasteiger charge is 2.23. The van der Waals surface area contributed by atoms with Crippen LogP contribution in [0.5, 0.6) is 5.75 Å². The third kappa shape index (κ3) is 6.34. The summed E-state index contributed by atoms with van der Waals surface area (Å²) >= 11 is 2.26. The third-order valence-electron chi connectivity index (χ3n) is 3.81. The van der Waals surface area contributed by atoms with Crippen molar-refractivity contribution in [3.05, 3.63) is 29.6 Å². The predicted molar refractivity (Wildman–Crippen MR) is 124 cm³/mol. The lowest BCUT2D eigenvalue weighted by atomic mass is 10.2. The Balaban J connectivity index is 2.01. The lowest BCUT2D eigenvalue weighted by molar-refractivity contribution is -0.121. The van der Waals surface area contributed by atoms with E-state index in [1.807, 2.05) is 17.5 Å². The highest BCUT2D eigenvalue weighted by Crippen LogP contribution is 2.30. The van der Waals surface area contributed by atoms with E-state index in [4.69, 9.17) is 9.57 Å². The number of carbonyl (C=O) groups is 3. The average molecular weight is 482 g/mol. The number of hydrogen-bond acceptors (Lipinski definition) is 10. The van der Waals surface area contributed by atoms with Gasteiger partial charge in [-0.3, -0.25) is 9.63 Å². The van der Waals surface area contributed by atoms with Crippen molar-refractivity contribution < 1.29 is 28.8 Å². The van der Waals surface area contributed by atoms with E-state index in [-0.39, 0.29) is 11.4 Å². The minimum absolute atomic E-state index is 0.123. The summed E-state index contributed by atoms with van der Waals surface area (Å²) in [5.41, 5.74) is -0.0853. The van der Waals surface area contributed by atoms with Crippen molar-refractivity contribution in [2.24, 2.45) is 10.3 Å². The molecule has 32 heavy (non-hydrogen) atoms. The van der Waals surface area contributed by atoms with Gasteiger partial charge in [0.05, 0.1) is 12.1 Å². The van der Waals surface area contributed by atoms with E-state index in [2.05, 4.69) is 15.1 Å². The van der Waals surface area contributed by atoms with Crippen molar-refractivity contribution in [1.82, 2.24) is 13.5 Å². The zero-order chi connectivity index (χ0) is 23.8. The predicted octanol–water partition coefficient (Wildman–Crippen LogP) is 3.43. The van der Waals surface area contributed by atoms with Gasteiger partial charge < -0.3 is 14.5 Å². The highest BCUT2D eigenvalue weighted by atomic mass is 32.2. The monoisotopic (exact) mass is 481 g/mol. The topological polar surface area (TPSA) is 113 Å². The summed E-state index contributed by atoms with van der Waals surface area (Å²) < 4.78 is 8.54. The minimum atomic E-state index is -0.927. The minimum Gasteiger partial charge on any atom is -0.409 e. The Morgan fingerprint density at radius 2 is 1.69 bits per heavy atom. The highest BCUT2D eigenvalue weighted by molar-refractivity contribution is 7.95. The van der Waals surface area contributed by atoms with Crippen LogP contribution < -0.4 is 4.74 Å². The number of oxime groups is 2. The van der Waals surface area contributed by atoms with E-state index in [0.717, 1.165) is 30.8 Å². The van der Waals surface area contributed by atoms with E-state index in [1.54, 1.807) is 12.1 Å². The molecule has 0 aliphatic carbocycles. The maximum absolute atomic E-state index is 12.4. The van der Waals surface area contributed by atoms with Gasteiger partial charge in [-0.05, 0) is 30.5 Å². The molecule has 3 amide bonds. The van der Waals surface area contributed by atoms with Gasteiger partial charge >= 0.3 is 12.2 Å². The van der Waals surface area contributed by atoms with Crippen molar-refractivity contribution in [2.75, 3.05) is 35.3 Å². The SMILES string of the molecule is CON=C(C)C(=NOC(=O)N(C)SN(C)C(=O)Oc1cccc2sccc12)C(=O)N(C)C. The first kappa shape index (κ1) is 24.9. The van der Waals surface area contributed by atoms with Crippen molar-refractivity contribution >= 4 is 63.1 Å². The van der Waals surface area contributed by atoms with Crippen LogP contribution in [-0.2, 0) is 14.5 Å². The van der Waals surface area contributed by atoms with Crippen LogP contribution in [0.3, 0.4) is 0 Å². The molecule has 0 saturated carbocycles. The average Bonchev–Trinajstić information content (AvgIpc) is 3.23. The molecule has 172 valence electrons. The molecule has 0 radical (unpaired) electrons. The molecule has 0 aliphatic heterocycles. The zero-order valence-electron chi connectivity index (χ0n) is 18.4. The molecule has 0 N–H and O–H groups in total. The Bertz CT molecular complexity index is 1050. The van der Waals surface area contributed by atoms with Gasteiger partial charge in [-0.2, -0.15) is 0 Å². The Labute approximate surface area is 193 Å². The summed E-state index contributed by atoms with van der Waals surface area (Å²) in [6.45, 7) is 1.48. The number of ether oxygens (including phenoxy) is 1. The number of nitrogens with zero attached hydrogens (tertiary/aromatic N) is 5. The fourth-order valence-corrected chi connectivity index (χ4v) is 3.63. The molecule has 11 nitrogen and oxygen atoms in total. The second-order valence-electron chi connectivity index (χ2n) is 6.39. The van der Waals surface area contributed by atoms with Gasteiger partial charge in [0.1, 0.15) is 18.6 Å². The molecular formula is C19H23N5O6S2. The van der Waals surface area contributed by atoms with Crippen LogP contribution in [-0.4, -0.2) is 78.3 Å². The van der Waals surface area contributed by atoms with Crippen molar-refractivity contribution in [2.45, 2.75) is 6.92 Å². The first-order chi connectivity index (χ1) is 15.1. The van der Waals surface area contributed by atoms with Gasteiger partial charge in [-0.15, -0.1) is 11.3 Å². The van der Waals surface area contributed by atoms with E-state index in [0.29, 0.717) is 5.75 Å². The number of thiophene rings is 1. The zero-order valence-corrected chi connectivity index (χ0v) is 20.0. The molecule has 1 aromatic heterocycles. The summed E-state index contributed by atoms with van der Waals surface area (Å²) in [7, 11) is 7.14. The van der Waals surface area contributed by atoms with Crippen molar-refractivity contribution in [3.8, 4) is 5.75 Å². The summed E-state index contributed by atoms with van der Waals surface area (Å²) in [6, 6.07) is 7.26. The molecule has 0 bridgehead atoms. The Kier molecular flexibility index (Phi) is 8.84. The fraction of sp³-hybridized carbons (Fsp3) is 0.316. The Morgan fingerprint density at radius 1 is 1.00 bits per heavy atom. The van der Waals surface area contributed by atoms with Crippen LogP contribution in [0.1, 0.15) is 6.92 Å². The first-order valence-corrected chi connectivity index (χ1v) is 10.7. The van der Waals surface area contributed by atoms with Crippen LogP contribution in [0.15, 0.2) is 40.0 Å². The van der Waals surface area contributed by atoms with Crippen LogP contribution in [0.4, 0.5) is 9.59 Å². The maximum atomic E-state index is 12.4. The molecule has 1 heterocycles. The molecular weight excluding hydrogens is 458 g/mol. The number of carbonyl (C=O) groups excluding carboxylic acids is 3. The quantitative estimate of drug-likeness (QED) is 0.258. The first-order valence-electron chi connectivity index (χ1n) is 9.08. The Morgan fingerprint density at radius 3 is 2.34 bits per heavy atom. The molecule has 0 aliphatic rings. The number of rotatable bonds is 7. The third-order valence-corrected chi connectivity index (χ3v) is 5.48. The summed E-state index contributed by atoms with van der Waals surface area (Å²) in [5.74, 6) is -0.120. The van der Waals surface area contributed by atoms with Crippen molar-refractivity contribution in [1.29, 1.82) is 0 Å². The number of benzene rings is 1. The second kappa shape index (κ2) is 11.3. The van der Waals surface area contributed by atoms with Crippen LogP contribution >= 0.6 is 23.5 Å². The number of hydrogen-bond donors (Lipinski definition) is 0. The van der Waals surface area contributed by atoms with Gasteiger partial charge in [0.25, 0.3) is 5.91 Å². The van der Waals surface area contributed by atoms with Gasteiger partial charge in [-0.1, -0.05) is 16.4 Å². The molecule has 0 unspecified atom stereocenters. The maximum Gasteiger partial charge on any atom is 0.447 e. The molecule has 0 atom stereocenters. The van der Waals surface area contributed by atoms with Crippen LogP contribution in [0, 0.1) is 0 Å². The smallest absolute Gasteiger partial charge is 0.409 e. The van der Waals surface area contributed by atoms with E-state index >= 15 is 0 Å². The molecule has 0 fully saturated rings. The lowest BCUT2D eigenvalue weighted by Gasteiger charge is -2.20. The molecule has 1 aromatic carbocycles. The molecule has 2 aromatic rings. The molecule has 0 saturated heterocycles. The van der Waals surface area contributed by atoms with E-state index < -0.39 is 18.1 Å². The standard InChI is InChI=1S/C19H23N5O6S2/c1-12(20-28-6)16(17(25)22(2)3)21-30-19(27)24(5)32-23(4)18(26)29-14-8-7-9-15-13(14)10-11-31-15/h7-11H,1-6H3. The summed E-state index contributed by atoms with van der Waals surface area (Å²) in [6.07, 6.45) is -1.62. The number of fused-ring (bicyclic) bond motifs is 1. The largest absolute Gasteiger partial charge is 0.447 e.